The molecular formula is C12H21N3O. The maximum atomic E-state index is 11.3. The number of hydrogen-bond acceptors (Lipinski definition) is 3. The summed E-state index contributed by atoms with van der Waals surface area (Å²) in [6, 6.07) is 3.78. The molecule has 0 saturated carbocycles. The van der Waals surface area contributed by atoms with Gasteiger partial charge in [0.05, 0.1) is 0 Å². The van der Waals surface area contributed by atoms with Gasteiger partial charge >= 0.3 is 0 Å². The molecule has 0 bridgehead atoms. The van der Waals surface area contributed by atoms with E-state index in [-0.39, 0.29) is 5.56 Å². The zero-order valence-electron chi connectivity index (χ0n) is 10.1. The van der Waals surface area contributed by atoms with Crippen LogP contribution in [0.5, 0.6) is 0 Å². The molecule has 0 amide bonds. The van der Waals surface area contributed by atoms with Crippen LogP contribution in [0.4, 0.5) is 0 Å². The van der Waals surface area contributed by atoms with Crippen LogP contribution in [0.2, 0.25) is 0 Å². The molecule has 0 spiro atoms. The quantitative estimate of drug-likeness (QED) is 0.711. The first-order valence-corrected chi connectivity index (χ1v) is 5.99. The van der Waals surface area contributed by atoms with Gasteiger partial charge in [-0.15, -0.1) is 0 Å². The molecule has 0 aliphatic heterocycles. The highest BCUT2D eigenvalue weighted by molar-refractivity contribution is 4.84. The number of unbranched alkanes of at least 4 members (excludes halogenated alkanes) is 1. The van der Waals surface area contributed by atoms with Crippen LogP contribution in [-0.4, -0.2) is 22.4 Å². The van der Waals surface area contributed by atoms with Crippen LogP contribution in [0.25, 0.3) is 0 Å². The number of nitrogens with zero attached hydrogens (tertiary/aromatic N) is 2. The average Bonchev–Trinajstić information content (AvgIpc) is 2.27. The zero-order chi connectivity index (χ0) is 11.8. The summed E-state index contributed by atoms with van der Waals surface area (Å²) in [5.41, 5.74) is -0.0118. The van der Waals surface area contributed by atoms with E-state index in [0.29, 0.717) is 6.04 Å². The second-order valence-electron chi connectivity index (χ2n) is 4.04. The van der Waals surface area contributed by atoms with Crippen molar-refractivity contribution in [1.82, 2.24) is 15.1 Å². The van der Waals surface area contributed by atoms with Gasteiger partial charge in [-0.05, 0) is 32.4 Å². The summed E-state index contributed by atoms with van der Waals surface area (Å²) in [6.45, 7) is 6.04. The molecule has 0 saturated heterocycles. The fourth-order valence-corrected chi connectivity index (χ4v) is 1.72. The highest BCUT2D eigenvalue weighted by atomic mass is 16.1. The SMILES string of the molecule is CCNC(C)CCCCn1ncccc1=O. The molecule has 4 nitrogen and oxygen atoms in total. The molecule has 0 aliphatic rings. The topological polar surface area (TPSA) is 46.9 Å². The minimum Gasteiger partial charge on any atom is -0.315 e. The molecule has 90 valence electrons. The molecule has 1 unspecified atom stereocenters. The molecule has 0 aromatic carbocycles. The maximum Gasteiger partial charge on any atom is 0.266 e. The zero-order valence-corrected chi connectivity index (χ0v) is 10.1. The molecule has 1 N–H and O–H groups in total. The first-order chi connectivity index (χ1) is 7.74. The van der Waals surface area contributed by atoms with Crippen molar-refractivity contribution in [3.63, 3.8) is 0 Å². The van der Waals surface area contributed by atoms with Crippen LogP contribution in [0.1, 0.15) is 33.1 Å². The number of hydrogen-bond donors (Lipinski definition) is 1. The fraction of sp³-hybridized carbons (Fsp3) is 0.667. The second-order valence-corrected chi connectivity index (χ2v) is 4.04. The van der Waals surface area contributed by atoms with E-state index >= 15 is 0 Å². The van der Waals surface area contributed by atoms with Gasteiger partial charge in [0, 0.05) is 24.8 Å². The van der Waals surface area contributed by atoms with Crippen molar-refractivity contribution in [3.05, 3.63) is 28.7 Å². The van der Waals surface area contributed by atoms with E-state index in [1.54, 1.807) is 18.3 Å². The first-order valence-electron chi connectivity index (χ1n) is 5.99. The smallest absolute Gasteiger partial charge is 0.266 e. The third-order valence-electron chi connectivity index (χ3n) is 2.59. The fourth-order valence-electron chi connectivity index (χ4n) is 1.72. The highest BCUT2D eigenvalue weighted by Crippen LogP contribution is 2.01. The van der Waals surface area contributed by atoms with Crippen molar-refractivity contribution in [2.24, 2.45) is 0 Å². The molecule has 0 fully saturated rings. The molecule has 1 atom stereocenters. The lowest BCUT2D eigenvalue weighted by molar-refractivity contribution is 0.467. The molecule has 16 heavy (non-hydrogen) atoms. The van der Waals surface area contributed by atoms with Crippen molar-refractivity contribution in [2.45, 2.75) is 45.7 Å². The normalized spacial score (nSPS) is 12.6. The Kier molecular flexibility index (Phi) is 5.78. The Morgan fingerprint density at radius 2 is 2.31 bits per heavy atom. The van der Waals surface area contributed by atoms with E-state index in [9.17, 15) is 4.79 Å². The van der Waals surface area contributed by atoms with Gasteiger partial charge in [-0.1, -0.05) is 13.3 Å². The van der Waals surface area contributed by atoms with E-state index in [0.717, 1.165) is 32.4 Å². The van der Waals surface area contributed by atoms with Gasteiger partial charge in [-0.3, -0.25) is 4.79 Å². The van der Waals surface area contributed by atoms with Crippen molar-refractivity contribution in [2.75, 3.05) is 6.54 Å². The number of nitrogens with one attached hydrogen (secondary N) is 1. The summed E-state index contributed by atoms with van der Waals surface area (Å²) in [7, 11) is 0. The third-order valence-corrected chi connectivity index (χ3v) is 2.59. The number of rotatable bonds is 7. The van der Waals surface area contributed by atoms with Gasteiger partial charge < -0.3 is 5.32 Å². The minimum absolute atomic E-state index is 0.0118. The lowest BCUT2D eigenvalue weighted by Crippen LogP contribution is -2.25. The Balaban J connectivity index is 2.21. The van der Waals surface area contributed by atoms with Crippen LogP contribution in [0.3, 0.4) is 0 Å². The predicted octanol–water partition coefficient (Wildman–Crippen LogP) is 1.41. The van der Waals surface area contributed by atoms with Gasteiger partial charge in [0.15, 0.2) is 0 Å². The average molecular weight is 223 g/mol. The van der Waals surface area contributed by atoms with Crippen LogP contribution in [0.15, 0.2) is 23.1 Å². The summed E-state index contributed by atoms with van der Waals surface area (Å²) in [4.78, 5) is 11.3. The molecule has 0 aliphatic carbocycles. The van der Waals surface area contributed by atoms with E-state index in [2.05, 4.69) is 24.3 Å². The summed E-state index contributed by atoms with van der Waals surface area (Å²) in [6.07, 6.45) is 4.93. The van der Waals surface area contributed by atoms with Gasteiger partial charge in [0.1, 0.15) is 0 Å². The van der Waals surface area contributed by atoms with Crippen molar-refractivity contribution in [1.29, 1.82) is 0 Å². The molecule has 1 heterocycles. The van der Waals surface area contributed by atoms with Gasteiger partial charge in [0.25, 0.3) is 5.56 Å². The Morgan fingerprint density at radius 3 is 3.00 bits per heavy atom. The van der Waals surface area contributed by atoms with Crippen LogP contribution in [-0.2, 0) is 6.54 Å². The molecule has 1 aromatic rings. The molecule has 1 aromatic heterocycles. The van der Waals surface area contributed by atoms with E-state index in [1.165, 1.54) is 4.68 Å². The van der Waals surface area contributed by atoms with E-state index in [4.69, 9.17) is 0 Å². The second kappa shape index (κ2) is 7.17. The summed E-state index contributed by atoms with van der Waals surface area (Å²) in [5.74, 6) is 0. The number of aryl methyl sites for hydroxylation is 1. The Hall–Kier alpha value is -1.16. The van der Waals surface area contributed by atoms with Crippen molar-refractivity contribution < 1.29 is 0 Å². The number of aromatic nitrogens is 2. The van der Waals surface area contributed by atoms with Gasteiger partial charge in [0.2, 0.25) is 0 Å². The summed E-state index contributed by atoms with van der Waals surface area (Å²) < 4.78 is 1.53. The standard InChI is InChI=1S/C12H21N3O/c1-3-13-11(2)7-4-5-10-15-12(16)8-6-9-14-15/h6,8-9,11,13H,3-5,7,10H2,1-2H3. The monoisotopic (exact) mass is 223 g/mol. The van der Waals surface area contributed by atoms with Crippen LogP contribution >= 0.6 is 0 Å². The van der Waals surface area contributed by atoms with Crippen LogP contribution in [0, 0.1) is 0 Å². The molecular weight excluding hydrogens is 202 g/mol. The Labute approximate surface area is 96.7 Å². The summed E-state index contributed by atoms with van der Waals surface area (Å²) in [5, 5.41) is 7.39. The minimum atomic E-state index is -0.0118. The summed E-state index contributed by atoms with van der Waals surface area (Å²) >= 11 is 0. The Morgan fingerprint density at radius 1 is 1.50 bits per heavy atom. The van der Waals surface area contributed by atoms with Gasteiger partial charge in [-0.25, -0.2) is 4.68 Å². The van der Waals surface area contributed by atoms with Gasteiger partial charge in [-0.2, -0.15) is 5.10 Å². The lowest BCUT2D eigenvalue weighted by atomic mass is 10.1. The maximum absolute atomic E-state index is 11.3. The molecule has 0 radical (unpaired) electrons. The van der Waals surface area contributed by atoms with Crippen LogP contribution < -0.4 is 10.9 Å². The highest BCUT2D eigenvalue weighted by Gasteiger charge is 2.00. The predicted molar refractivity (Wildman–Crippen MR) is 65.5 cm³/mol. The first kappa shape index (κ1) is 12.9. The molecule has 4 heteroatoms. The lowest BCUT2D eigenvalue weighted by Gasteiger charge is -2.11. The third kappa shape index (κ3) is 4.57. The van der Waals surface area contributed by atoms with E-state index < -0.39 is 0 Å². The van der Waals surface area contributed by atoms with Crippen molar-refractivity contribution in [3.8, 4) is 0 Å². The molecule has 1 rings (SSSR count). The Bertz CT molecular complexity index is 348. The van der Waals surface area contributed by atoms with Crippen molar-refractivity contribution >= 4 is 0 Å². The largest absolute Gasteiger partial charge is 0.315 e. The van der Waals surface area contributed by atoms with E-state index in [1.807, 2.05) is 0 Å².